The Morgan fingerprint density at radius 2 is 1.67 bits per heavy atom. The zero-order valence-corrected chi connectivity index (χ0v) is 16.3. The molecule has 8 heteroatoms. The second-order valence-electron chi connectivity index (χ2n) is 5.95. The van der Waals surface area contributed by atoms with Crippen LogP contribution in [0.1, 0.15) is 28.4 Å². The minimum absolute atomic E-state index is 0.000900. The molecule has 0 unspecified atom stereocenters. The molecule has 0 spiro atoms. The fraction of sp³-hybridized carbons (Fsp3) is 0.263. The third-order valence-corrected chi connectivity index (χ3v) is 5.45. The summed E-state index contributed by atoms with van der Waals surface area (Å²) < 4.78 is 37.1. The van der Waals surface area contributed by atoms with Gasteiger partial charge in [-0.25, -0.2) is 18.0 Å². The first kappa shape index (κ1) is 20.4. The van der Waals surface area contributed by atoms with Crippen LogP contribution in [0.15, 0.2) is 47.4 Å². The molecule has 0 fully saturated rings. The predicted octanol–water partition coefficient (Wildman–Crippen LogP) is 2.82. The molecule has 1 atom stereocenters. The normalized spacial score (nSPS) is 12.1. The number of nitrogens with one attached hydrogen (secondary N) is 1. The minimum Gasteiger partial charge on any atom is -0.466 e. The van der Waals surface area contributed by atoms with Crippen molar-refractivity contribution in [1.29, 1.82) is 0 Å². The standard InChI is InChI=1S/C19H21NO6S/c1-12-6-5-7-17(13(12)2)20-27(23,24)16-10-8-15(9-11-16)19(22)26-14(3)18(21)25-4/h5-11,14,20H,1-4H3/t14-/m0/s1. The predicted molar refractivity (Wildman–Crippen MR) is 100 cm³/mol. The van der Waals surface area contributed by atoms with Crippen molar-refractivity contribution in [1.82, 2.24) is 0 Å². The molecule has 27 heavy (non-hydrogen) atoms. The molecule has 0 amide bonds. The van der Waals surface area contributed by atoms with Crippen LogP contribution in [0.3, 0.4) is 0 Å². The van der Waals surface area contributed by atoms with Gasteiger partial charge in [0.25, 0.3) is 10.0 Å². The van der Waals surface area contributed by atoms with Gasteiger partial charge < -0.3 is 9.47 Å². The van der Waals surface area contributed by atoms with Crippen LogP contribution in [0, 0.1) is 13.8 Å². The number of esters is 2. The Bertz CT molecular complexity index is 951. The van der Waals surface area contributed by atoms with E-state index in [1.807, 2.05) is 19.9 Å². The molecule has 0 saturated heterocycles. The highest BCUT2D eigenvalue weighted by atomic mass is 32.2. The lowest BCUT2D eigenvalue weighted by Gasteiger charge is -2.13. The molecule has 0 aliphatic rings. The second-order valence-corrected chi connectivity index (χ2v) is 7.63. The molecule has 0 aromatic heterocycles. The van der Waals surface area contributed by atoms with Gasteiger partial charge in [0.1, 0.15) is 0 Å². The lowest BCUT2D eigenvalue weighted by molar-refractivity contribution is -0.149. The first-order chi connectivity index (χ1) is 12.7. The number of anilines is 1. The summed E-state index contributed by atoms with van der Waals surface area (Å²) in [5.41, 5.74) is 2.41. The van der Waals surface area contributed by atoms with Crippen LogP contribution in [0.2, 0.25) is 0 Å². The number of rotatable bonds is 6. The van der Waals surface area contributed by atoms with E-state index < -0.39 is 28.1 Å². The van der Waals surface area contributed by atoms with E-state index in [1.165, 1.54) is 38.3 Å². The van der Waals surface area contributed by atoms with E-state index in [4.69, 9.17) is 4.74 Å². The third-order valence-electron chi connectivity index (χ3n) is 4.07. The summed E-state index contributed by atoms with van der Waals surface area (Å²) in [4.78, 5) is 23.3. The maximum absolute atomic E-state index is 12.6. The number of aryl methyl sites for hydroxylation is 1. The van der Waals surface area contributed by atoms with Gasteiger partial charge in [0.2, 0.25) is 0 Å². The van der Waals surface area contributed by atoms with E-state index in [-0.39, 0.29) is 10.5 Å². The van der Waals surface area contributed by atoms with Crippen LogP contribution in [-0.2, 0) is 24.3 Å². The molecule has 0 radical (unpaired) electrons. The van der Waals surface area contributed by atoms with Gasteiger partial charge in [0.15, 0.2) is 6.10 Å². The molecule has 2 rings (SSSR count). The molecule has 2 aromatic carbocycles. The molecule has 1 N–H and O–H groups in total. The molecule has 0 bridgehead atoms. The first-order valence-electron chi connectivity index (χ1n) is 8.13. The van der Waals surface area contributed by atoms with Crippen LogP contribution >= 0.6 is 0 Å². The lowest BCUT2D eigenvalue weighted by Crippen LogP contribution is -2.25. The Morgan fingerprint density at radius 1 is 1.04 bits per heavy atom. The van der Waals surface area contributed by atoms with Crippen molar-refractivity contribution in [3.8, 4) is 0 Å². The Kier molecular flexibility index (Phi) is 6.22. The number of sulfonamides is 1. The van der Waals surface area contributed by atoms with Crippen molar-refractivity contribution in [3.63, 3.8) is 0 Å². The third kappa shape index (κ3) is 4.85. The number of carbonyl (C=O) groups is 2. The molecule has 0 aliphatic heterocycles. The van der Waals surface area contributed by atoms with Crippen LogP contribution in [-0.4, -0.2) is 33.6 Å². The second kappa shape index (κ2) is 8.22. The molecule has 0 saturated carbocycles. The highest BCUT2D eigenvalue weighted by Crippen LogP contribution is 2.22. The van der Waals surface area contributed by atoms with Gasteiger partial charge in [-0.2, -0.15) is 0 Å². The number of benzene rings is 2. The highest BCUT2D eigenvalue weighted by molar-refractivity contribution is 7.92. The number of hydrogen-bond donors (Lipinski definition) is 1. The van der Waals surface area contributed by atoms with Gasteiger partial charge in [-0.05, 0) is 62.2 Å². The fourth-order valence-electron chi connectivity index (χ4n) is 2.28. The number of carbonyl (C=O) groups excluding carboxylic acids is 2. The van der Waals surface area contributed by atoms with Crippen LogP contribution < -0.4 is 4.72 Å². The van der Waals surface area contributed by atoms with Crippen LogP contribution in [0.5, 0.6) is 0 Å². The summed E-state index contributed by atoms with van der Waals surface area (Å²) in [6.07, 6.45) is -1.06. The van der Waals surface area contributed by atoms with Gasteiger partial charge in [0.05, 0.1) is 23.3 Å². The van der Waals surface area contributed by atoms with Crippen LogP contribution in [0.4, 0.5) is 5.69 Å². The van der Waals surface area contributed by atoms with Gasteiger partial charge in [-0.15, -0.1) is 0 Å². The smallest absolute Gasteiger partial charge is 0.346 e. The Morgan fingerprint density at radius 3 is 2.26 bits per heavy atom. The molecule has 0 heterocycles. The first-order valence-corrected chi connectivity index (χ1v) is 9.62. The number of hydrogen-bond acceptors (Lipinski definition) is 6. The number of methoxy groups -OCH3 is 1. The molecule has 7 nitrogen and oxygen atoms in total. The zero-order chi connectivity index (χ0) is 20.2. The van der Waals surface area contributed by atoms with E-state index in [0.29, 0.717) is 5.69 Å². The molecular weight excluding hydrogens is 370 g/mol. The van der Waals surface area contributed by atoms with E-state index in [0.717, 1.165) is 11.1 Å². The average Bonchev–Trinajstić information content (AvgIpc) is 2.64. The van der Waals surface area contributed by atoms with Crippen molar-refractivity contribution in [2.75, 3.05) is 11.8 Å². The van der Waals surface area contributed by atoms with Crippen molar-refractivity contribution in [3.05, 3.63) is 59.2 Å². The minimum atomic E-state index is -3.81. The molecule has 144 valence electrons. The van der Waals surface area contributed by atoms with Crippen molar-refractivity contribution < 1.29 is 27.5 Å². The highest BCUT2D eigenvalue weighted by Gasteiger charge is 2.21. The average molecular weight is 391 g/mol. The largest absolute Gasteiger partial charge is 0.466 e. The maximum atomic E-state index is 12.6. The summed E-state index contributed by atoms with van der Waals surface area (Å²) in [6, 6.07) is 10.6. The quantitative estimate of drug-likeness (QED) is 0.760. The van der Waals surface area contributed by atoms with E-state index in [1.54, 1.807) is 12.1 Å². The van der Waals surface area contributed by atoms with Crippen molar-refractivity contribution in [2.24, 2.45) is 0 Å². The van der Waals surface area contributed by atoms with Crippen molar-refractivity contribution >= 4 is 27.6 Å². The fourth-order valence-corrected chi connectivity index (χ4v) is 3.40. The monoisotopic (exact) mass is 391 g/mol. The summed E-state index contributed by atoms with van der Waals surface area (Å²) in [6.45, 7) is 5.11. The summed E-state index contributed by atoms with van der Waals surface area (Å²) in [5.74, 6) is -1.43. The van der Waals surface area contributed by atoms with Crippen LogP contribution in [0.25, 0.3) is 0 Å². The Hall–Kier alpha value is -2.87. The van der Waals surface area contributed by atoms with Gasteiger partial charge in [-0.1, -0.05) is 12.1 Å². The Labute approximate surface area is 158 Å². The van der Waals surface area contributed by atoms with Crippen molar-refractivity contribution in [2.45, 2.75) is 31.8 Å². The molecule has 2 aromatic rings. The summed E-state index contributed by atoms with van der Waals surface area (Å²) in [5, 5.41) is 0. The summed E-state index contributed by atoms with van der Waals surface area (Å²) in [7, 11) is -2.62. The lowest BCUT2D eigenvalue weighted by atomic mass is 10.1. The SMILES string of the molecule is COC(=O)[C@H](C)OC(=O)c1ccc(S(=O)(=O)Nc2cccc(C)c2C)cc1. The zero-order valence-electron chi connectivity index (χ0n) is 15.5. The topological polar surface area (TPSA) is 98.8 Å². The van der Waals surface area contributed by atoms with E-state index in [9.17, 15) is 18.0 Å². The van der Waals surface area contributed by atoms with Gasteiger partial charge in [0, 0.05) is 0 Å². The van der Waals surface area contributed by atoms with Gasteiger partial charge >= 0.3 is 11.9 Å². The summed E-state index contributed by atoms with van der Waals surface area (Å²) >= 11 is 0. The molecule has 0 aliphatic carbocycles. The van der Waals surface area contributed by atoms with E-state index in [2.05, 4.69) is 9.46 Å². The molecular formula is C19H21NO6S. The van der Waals surface area contributed by atoms with Gasteiger partial charge in [-0.3, -0.25) is 4.72 Å². The maximum Gasteiger partial charge on any atom is 0.346 e. The van der Waals surface area contributed by atoms with E-state index >= 15 is 0 Å². The Balaban J connectivity index is 2.17. The number of ether oxygens (including phenoxy) is 2.